The van der Waals surface area contributed by atoms with Crippen LogP contribution in [0.15, 0.2) is 24.3 Å². The average Bonchev–Trinajstić information content (AvgIpc) is 2.94. The molecule has 1 fully saturated rings. The van der Waals surface area contributed by atoms with Crippen LogP contribution < -0.4 is 4.72 Å². The zero-order valence-electron chi connectivity index (χ0n) is 11.1. The molecule has 1 aliphatic rings. The van der Waals surface area contributed by atoms with Gasteiger partial charge in [0.15, 0.2) is 0 Å². The Morgan fingerprint density at radius 1 is 1.33 bits per heavy atom. The highest BCUT2D eigenvalue weighted by molar-refractivity contribution is 7.90. The number of benzene rings is 1. The number of hydrogen-bond donors (Lipinski definition) is 2. The van der Waals surface area contributed by atoms with Crippen molar-refractivity contribution in [2.45, 2.75) is 12.8 Å². The van der Waals surface area contributed by atoms with Crippen molar-refractivity contribution in [3.05, 3.63) is 35.7 Å². The molecule has 0 unspecified atom stereocenters. The Kier molecular flexibility index (Phi) is 4.59. The molecule has 0 aromatic heterocycles. The van der Waals surface area contributed by atoms with Gasteiger partial charge < -0.3 is 5.11 Å². The first-order valence-electron chi connectivity index (χ1n) is 6.37. The molecule has 0 bridgehead atoms. The molecule has 1 saturated heterocycles. The average molecular weight is 314 g/mol. The number of carbonyl (C=O) groups is 1. The van der Waals surface area contributed by atoms with Gasteiger partial charge in [0, 0.05) is 19.2 Å². The monoisotopic (exact) mass is 314 g/mol. The van der Waals surface area contributed by atoms with E-state index in [-0.39, 0.29) is 5.69 Å². The van der Waals surface area contributed by atoms with Gasteiger partial charge in [-0.25, -0.2) is 9.18 Å². The minimum Gasteiger partial charge on any atom is -0.478 e. The smallest absolute Gasteiger partial charge is 0.328 e. The fourth-order valence-corrected chi connectivity index (χ4v) is 3.33. The fraction of sp³-hybridized carbons (Fsp3) is 0.308. The van der Waals surface area contributed by atoms with Crippen LogP contribution in [0.25, 0.3) is 6.08 Å². The van der Waals surface area contributed by atoms with Gasteiger partial charge in [0.05, 0.1) is 5.69 Å². The number of nitrogens with zero attached hydrogens (tertiary/aromatic N) is 1. The number of rotatable bonds is 5. The second kappa shape index (κ2) is 6.23. The Morgan fingerprint density at radius 2 is 2.00 bits per heavy atom. The van der Waals surface area contributed by atoms with Crippen molar-refractivity contribution in [1.82, 2.24) is 4.31 Å². The highest BCUT2D eigenvalue weighted by Crippen LogP contribution is 2.21. The minimum atomic E-state index is -3.74. The van der Waals surface area contributed by atoms with Gasteiger partial charge in [-0.05, 0) is 36.6 Å². The molecule has 114 valence electrons. The molecular formula is C13H15FN2O4S. The van der Waals surface area contributed by atoms with Gasteiger partial charge in [-0.1, -0.05) is 6.07 Å². The molecule has 6 nitrogen and oxygen atoms in total. The zero-order valence-corrected chi connectivity index (χ0v) is 11.9. The topological polar surface area (TPSA) is 86.7 Å². The molecule has 0 aliphatic carbocycles. The lowest BCUT2D eigenvalue weighted by Crippen LogP contribution is -2.33. The molecule has 8 heteroatoms. The number of carboxylic acid groups (broad SMARTS) is 1. The van der Waals surface area contributed by atoms with Crippen LogP contribution >= 0.6 is 0 Å². The summed E-state index contributed by atoms with van der Waals surface area (Å²) in [6.07, 6.45) is 3.69. The Hall–Kier alpha value is -1.93. The summed E-state index contributed by atoms with van der Waals surface area (Å²) in [5.41, 5.74) is 0.174. The third kappa shape index (κ3) is 4.02. The van der Waals surface area contributed by atoms with E-state index in [0.29, 0.717) is 18.7 Å². The van der Waals surface area contributed by atoms with Gasteiger partial charge in [0.1, 0.15) is 5.82 Å². The molecule has 1 aromatic rings. The molecule has 1 aliphatic heterocycles. The third-order valence-corrected chi connectivity index (χ3v) is 4.58. The molecule has 0 saturated carbocycles. The largest absolute Gasteiger partial charge is 0.478 e. The van der Waals surface area contributed by atoms with Crippen LogP contribution in [0, 0.1) is 5.82 Å². The number of halogens is 1. The van der Waals surface area contributed by atoms with Crippen LogP contribution in [-0.2, 0) is 15.0 Å². The van der Waals surface area contributed by atoms with Crippen LogP contribution in [0.1, 0.15) is 18.4 Å². The first-order chi connectivity index (χ1) is 9.88. The lowest BCUT2D eigenvalue weighted by atomic mass is 10.2. The Labute approximate surface area is 122 Å². The number of aliphatic carboxylic acids is 1. The van der Waals surface area contributed by atoms with E-state index in [1.807, 2.05) is 0 Å². The van der Waals surface area contributed by atoms with E-state index in [4.69, 9.17) is 5.11 Å². The van der Waals surface area contributed by atoms with Crippen LogP contribution in [-0.4, -0.2) is 36.9 Å². The lowest BCUT2D eigenvalue weighted by molar-refractivity contribution is -0.131. The maximum absolute atomic E-state index is 13.9. The molecule has 0 atom stereocenters. The summed E-state index contributed by atoms with van der Waals surface area (Å²) in [4.78, 5) is 10.4. The van der Waals surface area contributed by atoms with Gasteiger partial charge in [-0.15, -0.1) is 0 Å². The number of hydrogen-bond acceptors (Lipinski definition) is 3. The van der Waals surface area contributed by atoms with Crippen molar-refractivity contribution in [3.63, 3.8) is 0 Å². The molecule has 1 heterocycles. The maximum atomic E-state index is 13.9. The Bertz CT molecular complexity index is 667. The lowest BCUT2D eigenvalue weighted by Gasteiger charge is -2.17. The van der Waals surface area contributed by atoms with Crippen molar-refractivity contribution in [1.29, 1.82) is 0 Å². The quantitative estimate of drug-likeness (QED) is 0.810. The van der Waals surface area contributed by atoms with Gasteiger partial charge in [0.25, 0.3) is 0 Å². The summed E-state index contributed by atoms with van der Waals surface area (Å²) in [5.74, 6) is -1.90. The molecular weight excluding hydrogens is 299 g/mol. The summed E-state index contributed by atoms with van der Waals surface area (Å²) >= 11 is 0. The summed E-state index contributed by atoms with van der Waals surface area (Å²) in [5, 5.41) is 8.50. The molecule has 2 rings (SSSR count). The second-order valence-electron chi connectivity index (χ2n) is 4.62. The number of carboxylic acids is 1. The molecule has 1 aromatic carbocycles. The van der Waals surface area contributed by atoms with Gasteiger partial charge in [-0.2, -0.15) is 12.7 Å². The number of nitrogens with one attached hydrogen (secondary N) is 1. The van der Waals surface area contributed by atoms with E-state index in [9.17, 15) is 17.6 Å². The van der Waals surface area contributed by atoms with E-state index >= 15 is 0 Å². The van der Waals surface area contributed by atoms with E-state index in [2.05, 4.69) is 4.72 Å². The SMILES string of the molecule is O=C(O)C=Cc1ccc(NS(=O)(=O)N2CCCC2)c(F)c1. The standard InChI is InChI=1S/C13H15FN2O4S/c14-11-9-10(4-6-13(17)18)3-5-12(11)15-21(19,20)16-7-1-2-8-16/h3-6,9,15H,1-2,7-8H2,(H,17,18). The fourth-order valence-electron chi connectivity index (χ4n) is 2.02. The summed E-state index contributed by atoms with van der Waals surface area (Å²) in [6, 6.07) is 3.77. The normalized spacial score (nSPS) is 16.4. The minimum absolute atomic E-state index is 0.158. The van der Waals surface area contributed by atoms with Crippen LogP contribution in [0.5, 0.6) is 0 Å². The Balaban J connectivity index is 2.16. The molecule has 0 amide bonds. The molecule has 0 radical (unpaired) electrons. The highest BCUT2D eigenvalue weighted by atomic mass is 32.2. The van der Waals surface area contributed by atoms with Crippen molar-refractivity contribution < 1.29 is 22.7 Å². The van der Waals surface area contributed by atoms with Gasteiger partial charge >= 0.3 is 16.2 Å². The first-order valence-corrected chi connectivity index (χ1v) is 7.81. The van der Waals surface area contributed by atoms with Crippen molar-refractivity contribution in [2.75, 3.05) is 17.8 Å². The summed E-state index contributed by atoms with van der Waals surface area (Å²) in [7, 11) is -3.74. The van der Waals surface area contributed by atoms with Crippen LogP contribution in [0.3, 0.4) is 0 Å². The van der Waals surface area contributed by atoms with Crippen LogP contribution in [0.4, 0.5) is 10.1 Å². The summed E-state index contributed by atoms with van der Waals surface area (Å²) in [6.45, 7) is 0.854. The van der Waals surface area contributed by atoms with E-state index in [1.54, 1.807) is 0 Å². The summed E-state index contributed by atoms with van der Waals surface area (Å²) < 4.78 is 41.4. The molecule has 0 spiro atoms. The zero-order chi connectivity index (χ0) is 15.5. The van der Waals surface area contributed by atoms with E-state index in [1.165, 1.54) is 22.5 Å². The van der Waals surface area contributed by atoms with Gasteiger partial charge in [-0.3, -0.25) is 4.72 Å². The molecule has 2 N–H and O–H groups in total. The second-order valence-corrected chi connectivity index (χ2v) is 6.29. The highest BCUT2D eigenvalue weighted by Gasteiger charge is 2.25. The maximum Gasteiger partial charge on any atom is 0.328 e. The van der Waals surface area contributed by atoms with Crippen molar-refractivity contribution in [2.24, 2.45) is 0 Å². The van der Waals surface area contributed by atoms with E-state index < -0.39 is 22.0 Å². The predicted octanol–water partition coefficient (Wildman–Crippen LogP) is 1.68. The van der Waals surface area contributed by atoms with Crippen LogP contribution in [0.2, 0.25) is 0 Å². The van der Waals surface area contributed by atoms with E-state index in [0.717, 1.165) is 25.0 Å². The van der Waals surface area contributed by atoms with Crippen molar-refractivity contribution in [3.8, 4) is 0 Å². The van der Waals surface area contributed by atoms with Crippen molar-refractivity contribution >= 4 is 27.9 Å². The third-order valence-electron chi connectivity index (χ3n) is 3.06. The first kappa shape index (κ1) is 15.5. The number of anilines is 1. The van der Waals surface area contributed by atoms with Gasteiger partial charge in [0.2, 0.25) is 0 Å². The molecule has 21 heavy (non-hydrogen) atoms. The predicted molar refractivity (Wildman–Crippen MR) is 76.4 cm³/mol. The Morgan fingerprint density at radius 3 is 2.57 bits per heavy atom.